The van der Waals surface area contributed by atoms with Gasteiger partial charge in [-0.25, -0.2) is 0 Å². The Labute approximate surface area is 152 Å². The molecule has 2 aliphatic heterocycles. The van der Waals surface area contributed by atoms with E-state index in [2.05, 4.69) is 5.32 Å². The zero-order valence-corrected chi connectivity index (χ0v) is 15.8. The fourth-order valence-electron chi connectivity index (χ4n) is 4.45. The first kappa shape index (κ1) is 18.6. The van der Waals surface area contributed by atoms with Gasteiger partial charge in [0.05, 0.1) is 5.92 Å². The van der Waals surface area contributed by atoms with Gasteiger partial charge in [-0.05, 0) is 24.8 Å². The first-order valence-corrected chi connectivity index (χ1v) is 8.85. The van der Waals surface area contributed by atoms with Crippen LogP contribution in [0.25, 0.3) is 0 Å². The van der Waals surface area contributed by atoms with Gasteiger partial charge in [0.25, 0.3) is 0 Å². The summed E-state index contributed by atoms with van der Waals surface area (Å²) in [4.78, 5) is 23.5. The van der Waals surface area contributed by atoms with Gasteiger partial charge in [0.1, 0.15) is 23.4 Å². The minimum Gasteiger partial charge on any atom is -0.487 e. The van der Waals surface area contributed by atoms with Crippen molar-refractivity contribution in [3.63, 3.8) is 0 Å². The third-order valence-electron chi connectivity index (χ3n) is 5.39. The second-order valence-electron chi connectivity index (χ2n) is 9.00. The summed E-state index contributed by atoms with van der Waals surface area (Å²) in [5.74, 6) is -1.06. The predicted octanol–water partition coefficient (Wildman–Crippen LogP) is 2.81. The molecule has 7 heteroatoms. The lowest BCUT2D eigenvalue weighted by Crippen LogP contribution is -2.44. The smallest absolute Gasteiger partial charge is 0.321 e. The highest BCUT2D eigenvalue weighted by Gasteiger charge is 2.58. The van der Waals surface area contributed by atoms with Gasteiger partial charge in [0, 0.05) is 16.9 Å². The van der Waals surface area contributed by atoms with Gasteiger partial charge in [-0.3, -0.25) is 20.2 Å². The number of carboxylic acid groups (broad SMARTS) is 1. The Morgan fingerprint density at radius 2 is 2.04 bits per heavy atom. The summed E-state index contributed by atoms with van der Waals surface area (Å²) in [7, 11) is 0. The maximum Gasteiger partial charge on any atom is 0.321 e. The van der Waals surface area contributed by atoms with Crippen LogP contribution in [-0.4, -0.2) is 33.7 Å². The number of hydrogen-bond acceptors (Lipinski definition) is 5. The molecule has 1 aromatic rings. The van der Waals surface area contributed by atoms with Crippen molar-refractivity contribution in [2.45, 2.75) is 64.8 Å². The predicted molar refractivity (Wildman–Crippen MR) is 95.9 cm³/mol. The lowest BCUT2D eigenvalue weighted by molar-refractivity contribution is -0.535. The van der Waals surface area contributed by atoms with Crippen molar-refractivity contribution in [3.8, 4) is 5.75 Å². The molecule has 1 fully saturated rings. The third-order valence-corrected chi connectivity index (χ3v) is 5.39. The van der Waals surface area contributed by atoms with Gasteiger partial charge < -0.3 is 9.84 Å². The highest BCUT2D eigenvalue weighted by Crippen LogP contribution is 2.48. The molecule has 2 heterocycles. The zero-order valence-electron chi connectivity index (χ0n) is 15.8. The highest BCUT2D eigenvalue weighted by atomic mass is 16.6. The number of carbonyl (C=O) groups is 1. The van der Waals surface area contributed by atoms with Gasteiger partial charge in [-0.1, -0.05) is 39.0 Å². The molecule has 0 radical (unpaired) electrons. The van der Waals surface area contributed by atoms with Crippen molar-refractivity contribution >= 4 is 5.97 Å². The summed E-state index contributed by atoms with van der Waals surface area (Å²) in [5, 5.41) is 24.7. The standard InChI is InChI=1S/C19H26N2O5/c1-18(2,3)12-14(17(22)23)20-13(15(12)21(24)25)11-8-6-7-10-9-19(4,5)26-16(10)11/h6-8,12-15,20H,9H2,1-5H3,(H,22,23). The molecule has 0 aromatic heterocycles. The first-order valence-electron chi connectivity index (χ1n) is 8.85. The molecule has 0 amide bonds. The van der Waals surface area contributed by atoms with E-state index in [-0.39, 0.29) is 10.5 Å². The number of nitrogens with zero attached hydrogens (tertiary/aromatic N) is 1. The molecule has 3 rings (SSSR count). The summed E-state index contributed by atoms with van der Waals surface area (Å²) in [5.41, 5.74) is 0.757. The molecule has 0 saturated carbocycles. The molecular formula is C19H26N2O5. The molecular weight excluding hydrogens is 336 g/mol. The molecule has 0 aliphatic carbocycles. The quantitative estimate of drug-likeness (QED) is 0.633. The van der Waals surface area contributed by atoms with E-state index in [1.54, 1.807) is 6.07 Å². The van der Waals surface area contributed by atoms with Crippen molar-refractivity contribution in [1.82, 2.24) is 5.32 Å². The van der Waals surface area contributed by atoms with Crippen LogP contribution in [0.3, 0.4) is 0 Å². The Hall–Kier alpha value is -2.15. The van der Waals surface area contributed by atoms with Crippen molar-refractivity contribution in [2.75, 3.05) is 0 Å². The van der Waals surface area contributed by atoms with Crippen molar-refractivity contribution in [3.05, 3.63) is 39.4 Å². The fourth-order valence-corrected chi connectivity index (χ4v) is 4.45. The number of nitrogens with one attached hydrogen (secondary N) is 1. The SMILES string of the molecule is CC1(C)Cc2cccc(C3NC(C(=O)O)C(C(C)(C)C)C3[N+](=O)[O-])c2O1. The number of hydrogen-bond donors (Lipinski definition) is 2. The van der Waals surface area contributed by atoms with E-state index >= 15 is 0 Å². The van der Waals surface area contributed by atoms with E-state index in [1.165, 1.54) is 0 Å². The molecule has 0 bridgehead atoms. The van der Waals surface area contributed by atoms with Crippen LogP contribution in [0, 0.1) is 21.4 Å². The summed E-state index contributed by atoms with van der Waals surface area (Å²) in [6.07, 6.45) is 0.719. The van der Waals surface area contributed by atoms with Crippen molar-refractivity contribution < 1.29 is 19.6 Å². The van der Waals surface area contributed by atoms with E-state index < -0.39 is 35.4 Å². The van der Waals surface area contributed by atoms with Crippen molar-refractivity contribution in [2.24, 2.45) is 11.3 Å². The second kappa shape index (κ2) is 5.94. The number of ether oxygens (including phenoxy) is 1. The van der Waals surface area contributed by atoms with Crippen LogP contribution in [0.4, 0.5) is 0 Å². The van der Waals surface area contributed by atoms with Gasteiger partial charge >= 0.3 is 5.97 Å². The van der Waals surface area contributed by atoms with Crippen LogP contribution in [0.15, 0.2) is 18.2 Å². The van der Waals surface area contributed by atoms with Gasteiger partial charge in [-0.2, -0.15) is 0 Å². The summed E-state index contributed by atoms with van der Waals surface area (Å²) >= 11 is 0. The molecule has 26 heavy (non-hydrogen) atoms. The fraction of sp³-hybridized carbons (Fsp3) is 0.632. The van der Waals surface area contributed by atoms with E-state index in [9.17, 15) is 20.0 Å². The minimum absolute atomic E-state index is 0.337. The minimum atomic E-state index is -1.06. The molecule has 142 valence electrons. The van der Waals surface area contributed by atoms with Crippen LogP contribution >= 0.6 is 0 Å². The maximum absolute atomic E-state index is 12.0. The number of para-hydroxylation sites is 1. The molecule has 2 N–H and O–H groups in total. The zero-order chi connectivity index (χ0) is 19.4. The lowest BCUT2D eigenvalue weighted by Gasteiger charge is -2.30. The van der Waals surface area contributed by atoms with E-state index in [1.807, 2.05) is 46.8 Å². The van der Waals surface area contributed by atoms with Crippen LogP contribution in [0.1, 0.15) is 51.8 Å². The Morgan fingerprint density at radius 3 is 2.58 bits per heavy atom. The lowest BCUT2D eigenvalue weighted by atomic mass is 9.73. The van der Waals surface area contributed by atoms with E-state index in [4.69, 9.17) is 4.74 Å². The first-order chi connectivity index (χ1) is 11.9. The summed E-state index contributed by atoms with van der Waals surface area (Å²) in [6.45, 7) is 9.50. The average Bonchev–Trinajstić information content (AvgIpc) is 3.02. The highest BCUT2D eigenvalue weighted by molar-refractivity contribution is 5.75. The molecule has 4 atom stereocenters. The maximum atomic E-state index is 12.0. The number of nitro groups is 1. The largest absolute Gasteiger partial charge is 0.487 e. The summed E-state index contributed by atoms with van der Waals surface area (Å²) in [6, 6.07) is 2.88. The van der Waals surface area contributed by atoms with E-state index in [0.717, 1.165) is 12.0 Å². The molecule has 7 nitrogen and oxygen atoms in total. The molecule has 1 aromatic carbocycles. The molecule has 2 aliphatic rings. The van der Waals surface area contributed by atoms with E-state index in [0.29, 0.717) is 11.3 Å². The number of carboxylic acids is 1. The monoisotopic (exact) mass is 362 g/mol. The van der Waals surface area contributed by atoms with Crippen LogP contribution < -0.4 is 10.1 Å². The molecule has 1 saturated heterocycles. The number of rotatable bonds is 3. The Balaban J connectivity index is 2.10. The van der Waals surface area contributed by atoms with Gasteiger partial charge in [0.15, 0.2) is 0 Å². The topological polar surface area (TPSA) is 102 Å². The Kier molecular flexibility index (Phi) is 4.26. The van der Waals surface area contributed by atoms with Crippen molar-refractivity contribution in [1.29, 1.82) is 0 Å². The van der Waals surface area contributed by atoms with Gasteiger partial charge in [0.2, 0.25) is 6.04 Å². The normalized spacial score (nSPS) is 29.9. The summed E-state index contributed by atoms with van der Waals surface area (Å²) < 4.78 is 6.07. The molecule has 0 spiro atoms. The average molecular weight is 362 g/mol. The Bertz CT molecular complexity index is 753. The number of fused-ring (bicyclic) bond motifs is 1. The third kappa shape index (κ3) is 3.05. The number of benzene rings is 1. The molecule has 4 unspecified atom stereocenters. The van der Waals surface area contributed by atoms with Crippen LogP contribution in [-0.2, 0) is 11.2 Å². The Morgan fingerprint density at radius 1 is 1.38 bits per heavy atom. The van der Waals surface area contributed by atoms with Crippen LogP contribution in [0.2, 0.25) is 0 Å². The second-order valence-corrected chi connectivity index (χ2v) is 9.00. The number of aliphatic carboxylic acids is 1. The van der Waals surface area contributed by atoms with Crippen LogP contribution in [0.5, 0.6) is 5.75 Å². The van der Waals surface area contributed by atoms with Gasteiger partial charge in [-0.15, -0.1) is 0 Å².